The molecule has 2 saturated heterocycles. The largest absolute Gasteiger partial charge is 0.458 e. The molecule has 45 heavy (non-hydrogen) atoms. The maximum Gasteiger partial charge on any atom is 0.302 e. The molecular formula is C33H52FN7O4. The van der Waals surface area contributed by atoms with Gasteiger partial charge in [-0.3, -0.25) is 14.6 Å². The minimum absolute atomic E-state index is 0.0284. The van der Waals surface area contributed by atoms with Crippen molar-refractivity contribution < 1.29 is 23.4 Å². The lowest BCUT2D eigenvalue weighted by atomic mass is 9.79. The van der Waals surface area contributed by atoms with E-state index in [9.17, 15) is 9.18 Å². The number of carbonyl (C=O) groups is 1. The van der Waals surface area contributed by atoms with Gasteiger partial charge >= 0.3 is 5.88 Å². The molecule has 11 nitrogen and oxygen atoms in total. The van der Waals surface area contributed by atoms with Crippen LogP contribution in [0.3, 0.4) is 0 Å². The fourth-order valence-corrected chi connectivity index (χ4v) is 6.70. The number of aromatic nitrogens is 3. The van der Waals surface area contributed by atoms with Crippen molar-refractivity contribution in [3.8, 4) is 17.5 Å². The van der Waals surface area contributed by atoms with Crippen LogP contribution >= 0.6 is 0 Å². The molecule has 1 amide bonds. The summed E-state index contributed by atoms with van der Waals surface area (Å²) in [5.41, 5.74) is 0.399. The van der Waals surface area contributed by atoms with E-state index < -0.39 is 5.82 Å². The van der Waals surface area contributed by atoms with Crippen LogP contribution in [0.4, 0.5) is 4.39 Å². The van der Waals surface area contributed by atoms with Crippen LogP contribution in [0.2, 0.25) is 0 Å². The summed E-state index contributed by atoms with van der Waals surface area (Å²) >= 11 is 0. The number of nitrogens with zero attached hydrogens (tertiary/aromatic N) is 7. The van der Waals surface area contributed by atoms with Crippen LogP contribution in [0.25, 0.3) is 0 Å². The number of amides is 1. The molecule has 0 radical (unpaired) electrons. The number of carbonyl (C=O) groups excluding carboxylic acids is 1. The standard InChI is InChI=1S/C33H52FN7O4/c1-8-41(25(4)5)32(42)27-18-26(34)11-12-29(27)45-31-30(35-22-36-37-31)44-23-39-19-33(20-39)13-15-40(21-33)28(24(2)3)10-9-14-38(6)16-17-43-7/h11-12,18,22,24-25,28H,8-10,13-17,19-21,23H2,1-7H3. The van der Waals surface area contributed by atoms with Crippen LogP contribution in [-0.4, -0.2) is 126 Å². The first-order chi connectivity index (χ1) is 21.6. The summed E-state index contributed by atoms with van der Waals surface area (Å²) in [4.78, 5) is 26.5. The summed E-state index contributed by atoms with van der Waals surface area (Å²) in [6.45, 7) is 18.2. The van der Waals surface area contributed by atoms with Crippen molar-refractivity contribution >= 4 is 5.91 Å². The van der Waals surface area contributed by atoms with E-state index in [1.54, 1.807) is 12.0 Å². The highest BCUT2D eigenvalue weighted by Gasteiger charge is 2.49. The Bertz CT molecular complexity index is 1240. The van der Waals surface area contributed by atoms with E-state index >= 15 is 0 Å². The summed E-state index contributed by atoms with van der Waals surface area (Å²) in [6, 6.07) is 4.38. The Morgan fingerprint density at radius 1 is 1.13 bits per heavy atom. The van der Waals surface area contributed by atoms with Gasteiger partial charge in [0.05, 0.1) is 12.2 Å². The number of rotatable bonds is 17. The Labute approximate surface area is 268 Å². The van der Waals surface area contributed by atoms with Crippen LogP contribution in [0.1, 0.15) is 64.2 Å². The van der Waals surface area contributed by atoms with Crippen LogP contribution in [-0.2, 0) is 4.74 Å². The lowest BCUT2D eigenvalue weighted by Crippen LogP contribution is -2.58. The Kier molecular flexibility index (Phi) is 12.5. The zero-order valence-electron chi connectivity index (χ0n) is 28.2. The van der Waals surface area contributed by atoms with Gasteiger partial charge in [0, 0.05) is 57.3 Å². The van der Waals surface area contributed by atoms with Crippen molar-refractivity contribution in [1.29, 1.82) is 0 Å². The minimum Gasteiger partial charge on any atom is -0.458 e. The summed E-state index contributed by atoms with van der Waals surface area (Å²) < 4.78 is 31.5. The smallest absolute Gasteiger partial charge is 0.302 e. The van der Waals surface area contributed by atoms with Crippen molar-refractivity contribution in [3.05, 3.63) is 35.9 Å². The first-order valence-corrected chi connectivity index (χ1v) is 16.3. The van der Waals surface area contributed by atoms with Gasteiger partial charge in [-0.15, -0.1) is 10.2 Å². The summed E-state index contributed by atoms with van der Waals surface area (Å²) in [5.74, 6) is 0.130. The van der Waals surface area contributed by atoms with Gasteiger partial charge in [-0.1, -0.05) is 13.8 Å². The molecule has 4 rings (SSSR count). The van der Waals surface area contributed by atoms with Crippen LogP contribution in [0.15, 0.2) is 24.5 Å². The maximum absolute atomic E-state index is 14.2. The lowest BCUT2D eigenvalue weighted by Gasteiger charge is -2.48. The van der Waals surface area contributed by atoms with Gasteiger partial charge in [-0.05, 0) is 84.3 Å². The first-order valence-electron chi connectivity index (χ1n) is 16.3. The second-order valence-corrected chi connectivity index (χ2v) is 13.2. The predicted molar refractivity (Wildman–Crippen MR) is 171 cm³/mol. The zero-order valence-corrected chi connectivity index (χ0v) is 28.2. The summed E-state index contributed by atoms with van der Waals surface area (Å²) in [7, 11) is 3.92. The van der Waals surface area contributed by atoms with Crippen molar-refractivity contribution in [3.63, 3.8) is 0 Å². The second-order valence-electron chi connectivity index (χ2n) is 13.2. The molecule has 1 aromatic heterocycles. The van der Waals surface area contributed by atoms with Gasteiger partial charge < -0.3 is 24.0 Å². The molecule has 0 bridgehead atoms. The number of likely N-dealkylation sites (tertiary alicyclic amines) is 2. The Hall–Kier alpha value is -2.93. The molecule has 2 aromatic rings. The number of halogens is 1. The molecule has 0 aliphatic carbocycles. The molecule has 12 heteroatoms. The van der Waals surface area contributed by atoms with Gasteiger partial charge in [0.25, 0.3) is 11.8 Å². The van der Waals surface area contributed by atoms with Crippen molar-refractivity contribution in [2.45, 2.75) is 66.0 Å². The molecular weight excluding hydrogens is 577 g/mol. The SMILES string of the molecule is CCN(C(=O)c1cc(F)ccc1Oc1nncnc1OCN1CC2(CCN(C(CCCN(C)CCOC)C(C)C)C2)C1)C(C)C. The average molecular weight is 630 g/mol. The summed E-state index contributed by atoms with van der Waals surface area (Å²) in [5, 5.41) is 7.92. The Morgan fingerprint density at radius 3 is 2.60 bits per heavy atom. The Morgan fingerprint density at radius 2 is 1.91 bits per heavy atom. The molecule has 2 fully saturated rings. The van der Waals surface area contributed by atoms with Crippen molar-refractivity contribution in [1.82, 2.24) is 34.8 Å². The van der Waals surface area contributed by atoms with Gasteiger partial charge in [0.15, 0.2) is 0 Å². The highest BCUT2D eigenvalue weighted by molar-refractivity contribution is 5.97. The topological polar surface area (TPSA) is 96.4 Å². The quantitative estimate of drug-likeness (QED) is 0.251. The molecule has 1 atom stereocenters. The number of hydrogen-bond acceptors (Lipinski definition) is 10. The van der Waals surface area contributed by atoms with E-state index in [2.05, 4.69) is 50.8 Å². The number of ether oxygens (including phenoxy) is 3. The second kappa shape index (κ2) is 16.1. The molecule has 2 aliphatic heterocycles. The molecule has 3 heterocycles. The molecule has 1 unspecified atom stereocenters. The third-order valence-corrected chi connectivity index (χ3v) is 9.09. The molecule has 1 aromatic carbocycles. The van der Waals surface area contributed by atoms with Crippen LogP contribution in [0, 0.1) is 17.2 Å². The molecule has 0 saturated carbocycles. The number of methoxy groups -OCH3 is 1. The van der Waals surface area contributed by atoms with Crippen molar-refractivity contribution in [2.75, 3.05) is 73.3 Å². The highest BCUT2D eigenvalue weighted by atomic mass is 19.1. The molecule has 250 valence electrons. The van der Waals surface area contributed by atoms with Crippen LogP contribution < -0.4 is 9.47 Å². The van der Waals surface area contributed by atoms with E-state index in [4.69, 9.17) is 14.2 Å². The molecule has 1 spiro atoms. The van der Waals surface area contributed by atoms with Gasteiger partial charge in [0.2, 0.25) is 0 Å². The number of likely N-dealkylation sites (N-methyl/N-ethyl adjacent to an activating group) is 1. The van der Waals surface area contributed by atoms with Gasteiger partial charge in [0.1, 0.15) is 24.6 Å². The number of hydrogen-bond donors (Lipinski definition) is 0. The molecule has 0 N–H and O–H groups in total. The van der Waals surface area contributed by atoms with Crippen molar-refractivity contribution in [2.24, 2.45) is 11.3 Å². The monoisotopic (exact) mass is 629 g/mol. The fraction of sp³-hybridized carbons (Fsp3) is 0.697. The van der Waals surface area contributed by atoms with Gasteiger partial charge in [-0.2, -0.15) is 4.98 Å². The average Bonchev–Trinajstić information content (AvgIpc) is 3.43. The fourth-order valence-electron chi connectivity index (χ4n) is 6.70. The van der Waals surface area contributed by atoms with E-state index in [1.807, 2.05) is 20.8 Å². The zero-order chi connectivity index (χ0) is 32.6. The Balaban J connectivity index is 1.31. The van der Waals surface area contributed by atoms with Crippen LogP contribution in [0.5, 0.6) is 17.5 Å². The molecule has 2 aliphatic rings. The number of benzene rings is 1. The third-order valence-electron chi connectivity index (χ3n) is 9.09. The normalized spacial score (nSPS) is 17.3. The van der Waals surface area contributed by atoms with E-state index in [0.29, 0.717) is 30.7 Å². The summed E-state index contributed by atoms with van der Waals surface area (Å²) in [6.07, 6.45) is 4.88. The van der Waals surface area contributed by atoms with Gasteiger partial charge in [-0.25, -0.2) is 4.39 Å². The maximum atomic E-state index is 14.2. The van der Waals surface area contributed by atoms with E-state index in [-0.39, 0.29) is 35.0 Å². The lowest BCUT2D eigenvalue weighted by molar-refractivity contribution is -0.0428. The first kappa shape index (κ1) is 34.9. The van der Waals surface area contributed by atoms with E-state index in [0.717, 1.165) is 45.9 Å². The third kappa shape index (κ3) is 9.08. The highest BCUT2D eigenvalue weighted by Crippen LogP contribution is 2.41. The predicted octanol–water partition coefficient (Wildman–Crippen LogP) is 4.40. The van der Waals surface area contributed by atoms with E-state index in [1.165, 1.54) is 43.8 Å². The minimum atomic E-state index is -0.526.